The number of nitrogens with zero attached hydrogens (tertiary/aromatic N) is 1. The molecule has 0 spiro atoms. The minimum absolute atomic E-state index is 0.0343. The summed E-state index contributed by atoms with van der Waals surface area (Å²) in [6.45, 7) is 0.604. The van der Waals surface area contributed by atoms with Crippen LogP contribution < -0.4 is 10.9 Å². The number of pyridine rings is 1. The molecule has 1 aromatic heterocycles. The van der Waals surface area contributed by atoms with E-state index in [2.05, 4.69) is 5.32 Å². The summed E-state index contributed by atoms with van der Waals surface area (Å²) in [5.41, 5.74) is 1.82. The maximum Gasteiger partial charge on any atom is 0.250 e. The lowest BCUT2D eigenvalue weighted by Crippen LogP contribution is -2.15. The SMILES string of the molecule is Cn1cc(NCc2cccc(O)c2)ccc1=O. The lowest BCUT2D eigenvalue weighted by atomic mass is 10.2. The smallest absolute Gasteiger partial charge is 0.250 e. The van der Waals surface area contributed by atoms with Crippen LogP contribution in [0.5, 0.6) is 5.75 Å². The van der Waals surface area contributed by atoms with E-state index >= 15 is 0 Å². The van der Waals surface area contributed by atoms with Crippen LogP contribution in [0.25, 0.3) is 0 Å². The zero-order valence-corrected chi connectivity index (χ0v) is 9.55. The number of aromatic hydroxyl groups is 1. The molecule has 0 bridgehead atoms. The molecule has 2 rings (SSSR count). The summed E-state index contributed by atoms with van der Waals surface area (Å²) >= 11 is 0. The number of anilines is 1. The van der Waals surface area contributed by atoms with Crippen LogP contribution >= 0.6 is 0 Å². The summed E-state index contributed by atoms with van der Waals surface area (Å²) < 4.78 is 1.52. The molecule has 0 radical (unpaired) electrons. The van der Waals surface area contributed by atoms with Crippen molar-refractivity contribution in [3.63, 3.8) is 0 Å². The van der Waals surface area contributed by atoms with Crippen molar-refractivity contribution in [3.05, 3.63) is 58.5 Å². The fraction of sp³-hybridized carbons (Fsp3) is 0.154. The molecule has 0 atom stereocenters. The van der Waals surface area contributed by atoms with Gasteiger partial charge in [-0.1, -0.05) is 12.1 Å². The lowest BCUT2D eigenvalue weighted by molar-refractivity contribution is 0.474. The minimum Gasteiger partial charge on any atom is -0.508 e. The number of phenolic OH excluding ortho intramolecular Hbond substituents is 1. The molecule has 0 aliphatic carbocycles. The first kappa shape index (κ1) is 11.3. The molecule has 4 heteroatoms. The van der Waals surface area contributed by atoms with Gasteiger partial charge in [-0.3, -0.25) is 4.79 Å². The maximum atomic E-state index is 11.2. The summed E-state index contributed by atoms with van der Waals surface area (Å²) in [6, 6.07) is 10.3. The molecule has 1 heterocycles. The van der Waals surface area contributed by atoms with Crippen molar-refractivity contribution in [1.82, 2.24) is 4.57 Å². The van der Waals surface area contributed by atoms with E-state index in [0.29, 0.717) is 6.54 Å². The number of hydrogen-bond donors (Lipinski definition) is 2. The van der Waals surface area contributed by atoms with Crippen LogP contribution in [0, 0.1) is 0 Å². The van der Waals surface area contributed by atoms with Crippen molar-refractivity contribution in [2.24, 2.45) is 7.05 Å². The van der Waals surface area contributed by atoms with Crippen molar-refractivity contribution >= 4 is 5.69 Å². The molecule has 17 heavy (non-hydrogen) atoms. The highest BCUT2D eigenvalue weighted by Crippen LogP contribution is 2.12. The average Bonchev–Trinajstić information content (AvgIpc) is 2.31. The predicted molar refractivity (Wildman–Crippen MR) is 67.1 cm³/mol. The molecule has 2 N–H and O–H groups in total. The highest BCUT2D eigenvalue weighted by Gasteiger charge is 1.97. The number of phenols is 1. The number of aryl methyl sites for hydroxylation is 1. The summed E-state index contributed by atoms with van der Waals surface area (Å²) in [6.07, 6.45) is 1.74. The first-order valence-electron chi connectivity index (χ1n) is 5.33. The van der Waals surface area contributed by atoms with Crippen LogP contribution in [0.15, 0.2) is 47.4 Å². The second-order valence-electron chi connectivity index (χ2n) is 3.89. The van der Waals surface area contributed by atoms with Crippen molar-refractivity contribution < 1.29 is 5.11 Å². The van der Waals surface area contributed by atoms with Gasteiger partial charge in [0.2, 0.25) is 5.56 Å². The quantitative estimate of drug-likeness (QED) is 0.843. The molecule has 0 fully saturated rings. The summed E-state index contributed by atoms with van der Waals surface area (Å²) in [4.78, 5) is 11.2. The minimum atomic E-state index is -0.0343. The van der Waals surface area contributed by atoms with E-state index < -0.39 is 0 Å². The van der Waals surface area contributed by atoms with Crippen LogP contribution in [-0.2, 0) is 13.6 Å². The van der Waals surface area contributed by atoms with Crippen LogP contribution in [0.4, 0.5) is 5.69 Å². The Hall–Kier alpha value is -2.23. The first-order valence-corrected chi connectivity index (χ1v) is 5.33. The van der Waals surface area contributed by atoms with Crippen molar-refractivity contribution in [2.75, 3.05) is 5.32 Å². The van der Waals surface area contributed by atoms with Gasteiger partial charge in [-0.05, 0) is 23.8 Å². The lowest BCUT2D eigenvalue weighted by Gasteiger charge is -2.07. The predicted octanol–water partition coefficient (Wildman–Crippen LogP) is 1.70. The van der Waals surface area contributed by atoms with E-state index in [-0.39, 0.29) is 11.3 Å². The molecule has 0 aliphatic rings. The van der Waals surface area contributed by atoms with Crippen LogP contribution in [-0.4, -0.2) is 9.67 Å². The van der Waals surface area contributed by atoms with Crippen LogP contribution in [0.1, 0.15) is 5.56 Å². The topological polar surface area (TPSA) is 54.3 Å². The Kier molecular flexibility index (Phi) is 3.14. The van der Waals surface area contributed by atoms with E-state index in [9.17, 15) is 9.90 Å². The normalized spacial score (nSPS) is 10.2. The number of nitrogens with one attached hydrogen (secondary N) is 1. The Balaban J connectivity index is 2.07. The first-order chi connectivity index (χ1) is 8.15. The fourth-order valence-electron chi connectivity index (χ4n) is 1.57. The third-order valence-corrected chi connectivity index (χ3v) is 2.49. The highest BCUT2D eigenvalue weighted by molar-refractivity contribution is 5.41. The van der Waals surface area contributed by atoms with Crippen molar-refractivity contribution in [1.29, 1.82) is 0 Å². The summed E-state index contributed by atoms with van der Waals surface area (Å²) in [5, 5.41) is 12.5. The molecule has 1 aromatic carbocycles. The monoisotopic (exact) mass is 230 g/mol. The highest BCUT2D eigenvalue weighted by atomic mass is 16.3. The Labute approximate surface area is 99.2 Å². The van der Waals surface area contributed by atoms with Gasteiger partial charge in [0.1, 0.15) is 5.75 Å². The molecular weight excluding hydrogens is 216 g/mol. The average molecular weight is 230 g/mol. The summed E-state index contributed by atoms with van der Waals surface area (Å²) in [7, 11) is 1.71. The molecule has 0 amide bonds. The van der Waals surface area contributed by atoms with Gasteiger partial charge in [-0.2, -0.15) is 0 Å². The molecule has 4 nitrogen and oxygen atoms in total. The molecule has 2 aromatic rings. The van der Waals surface area contributed by atoms with E-state index in [4.69, 9.17) is 0 Å². The Morgan fingerprint density at radius 2 is 2.12 bits per heavy atom. The molecule has 0 unspecified atom stereocenters. The van der Waals surface area contributed by atoms with Crippen molar-refractivity contribution in [2.45, 2.75) is 6.54 Å². The number of benzene rings is 1. The Morgan fingerprint density at radius 3 is 2.82 bits per heavy atom. The summed E-state index contributed by atoms with van der Waals surface area (Å²) in [5.74, 6) is 0.254. The number of hydrogen-bond acceptors (Lipinski definition) is 3. The standard InChI is InChI=1S/C13H14N2O2/c1-15-9-11(5-6-13(15)17)14-8-10-3-2-4-12(16)7-10/h2-7,9,14,16H,8H2,1H3. The number of aromatic nitrogens is 1. The third kappa shape index (κ3) is 2.87. The second-order valence-corrected chi connectivity index (χ2v) is 3.89. The van der Waals surface area contributed by atoms with E-state index in [1.807, 2.05) is 6.07 Å². The van der Waals surface area contributed by atoms with Crippen LogP contribution in [0.3, 0.4) is 0 Å². The van der Waals surface area contributed by atoms with Gasteiger partial charge in [0.15, 0.2) is 0 Å². The zero-order valence-electron chi connectivity index (χ0n) is 9.55. The zero-order chi connectivity index (χ0) is 12.3. The number of rotatable bonds is 3. The van der Waals surface area contributed by atoms with Crippen molar-refractivity contribution in [3.8, 4) is 5.75 Å². The molecule has 0 aliphatic heterocycles. The van der Waals surface area contributed by atoms with Gasteiger partial charge in [-0.15, -0.1) is 0 Å². The molecule has 0 saturated carbocycles. The van der Waals surface area contributed by atoms with Gasteiger partial charge in [0.05, 0.1) is 5.69 Å². The van der Waals surface area contributed by atoms with E-state index in [1.54, 1.807) is 37.5 Å². The maximum absolute atomic E-state index is 11.2. The molecule has 88 valence electrons. The fourth-order valence-corrected chi connectivity index (χ4v) is 1.57. The largest absolute Gasteiger partial charge is 0.508 e. The van der Waals surface area contributed by atoms with Gasteiger partial charge in [-0.25, -0.2) is 0 Å². The second kappa shape index (κ2) is 4.74. The molecule has 0 saturated heterocycles. The molecular formula is C13H14N2O2. The van der Waals surface area contributed by atoms with Gasteiger partial charge in [0, 0.05) is 25.9 Å². The van der Waals surface area contributed by atoms with E-state index in [0.717, 1.165) is 11.3 Å². The Morgan fingerprint density at radius 1 is 1.29 bits per heavy atom. The van der Waals surface area contributed by atoms with Crippen LogP contribution in [0.2, 0.25) is 0 Å². The van der Waals surface area contributed by atoms with Gasteiger partial charge in [0.25, 0.3) is 0 Å². The van der Waals surface area contributed by atoms with Gasteiger partial charge >= 0.3 is 0 Å². The van der Waals surface area contributed by atoms with Gasteiger partial charge < -0.3 is 15.0 Å². The third-order valence-electron chi connectivity index (χ3n) is 2.49. The Bertz CT molecular complexity index is 576. The van der Waals surface area contributed by atoms with E-state index in [1.165, 1.54) is 10.6 Å².